The van der Waals surface area contributed by atoms with Gasteiger partial charge in [-0.2, -0.15) is 0 Å². The largest absolute Gasteiger partial charge is 0.343 e. The summed E-state index contributed by atoms with van der Waals surface area (Å²) in [5, 5.41) is 0. The van der Waals surface area contributed by atoms with Crippen molar-refractivity contribution in [3.63, 3.8) is 0 Å². The molecular weight excluding hydrogens is 286 g/mol. The van der Waals surface area contributed by atoms with E-state index in [-0.39, 0.29) is 0 Å². The first-order chi connectivity index (χ1) is 11.3. The van der Waals surface area contributed by atoms with Gasteiger partial charge in [0.1, 0.15) is 0 Å². The number of piperazine rings is 1. The Bertz CT molecular complexity index is 463. The third-order valence-electron chi connectivity index (χ3n) is 5.36. The molecule has 0 spiro atoms. The fraction of sp³-hybridized carbons (Fsp3) is 0.632. The summed E-state index contributed by atoms with van der Waals surface area (Å²) in [4.78, 5) is 17.7. The molecule has 0 atom stereocenters. The van der Waals surface area contributed by atoms with Crippen LogP contribution in [0.4, 0.5) is 0 Å². The molecule has 126 valence electrons. The summed E-state index contributed by atoms with van der Waals surface area (Å²) in [7, 11) is 0. The molecule has 1 aromatic carbocycles. The van der Waals surface area contributed by atoms with Crippen molar-refractivity contribution < 1.29 is 4.79 Å². The van der Waals surface area contributed by atoms with Gasteiger partial charge in [0, 0.05) is 26.2 Å². The number of benzene rings is 1. The van der Waals surface area contributed by atoms with Gasteiger partial charge >= 0.3 is 0 Å². The van der Waals surface area contributed by atoms with Crippen molar-refractivity contribution in [2.45, 2.75) is 25.2 Å². The van der Waals surface area contributed by atoms with Crippen molar-refractivity contribution >= 4 is 6.41 Å². The van der Waals surface area contributed by atoms with E-state index in [2.05, 4.69) is 40.1 Å². The molecule has 0 aliphatic carbocycles. The highest BCUT2D eigenvalue weighted by molar-refractivity contribution is 5.47. The third kappa shape index (κ3) is 4.79. The van der Waals surface area contributed by atoms with E-state index in [9.17, 15) is 4.79 Å². The topological polar surface area (TPSA) is 26.8 Å². The zero-order chi connectivity index (χ0) is 15.9. The van der Waals surface area contributed by atoms with Gasteiger partial charge in [-0.05, 0) is 56.9 Å². The van der Waals surface area contributed by atoms with Gasteiger partial charge in [0.25, 0.3) is 0 Å². The van der Waals surface area contributed by atoms with Crippen molar-refractivity contribution in [3.8, 4) is 0 Å². The summed E-state index contributed by atoms with van der Waals surface area (Å²) in [6, 6.07) is 11.0. The Balaban J connectivity index is 1.31. The lowest BCUT2D eigenvalue weighted by Crippen LogP contribution is -2.46. The standard InChI is InChI=1S/C19H29N3O/c23-17-22-15-13-21(14-16-22)10-4-9-20-11-7-19(8-12-20)18-5-2-1-3-6-18/h1-3,5-6,17,19H,4,7-16H2. The maximum absolute atomic E-state index is 10.7. The highest BCUT2D eigenvalue weighted by Crippen LogP contribution is 2.27. The van der Waals surface area contributed by atoms with Crippen molar-refractivity contribution in [2.75, 3.05) is 52.4 Å². The highest BCUT2D eigenvalue weighted by atomic mass is 16.1. The van der Waals surface area contributed by atoms with E-state index in [1.54, 1.807) is 0 Å². The number of amides is 1. The van der Waals surface area contributed by atoms with Gasteiger partial charge in [0.15, 0.2) is 0 Å². The lowest BCUT2D eigenvalue weighted by Gasteiger charge is -2.34. The minimum Gasteiger partial charge on any atom is -0.343 e. The van der Waals surface area contributed by atoms with Crippen LogP contribution in [-0.4, -0.2) is 73.5 Å². The van der Waals surface area contributed by atoms with Crippen molar-refractivity contribution in [2.24, 2.45) is 0 Å². The Labute approximate surface area is 140 Å². The highest BCUT2D eigenvalue weighted by Gasteiger charge is 2.20. The number of hydrogen-bond donors (Lipinski definition) is 0. The number of rotatable bonds is 6. The SMILES string of the molecule is O=CN1CCN(CCCN2CCC(c3ccccc3)CC2)CC1. The predicted molar refractivity (Wildman–Crippen MR) is 93.6 cm³/mol. The molecule has 2 heterocycles. The average molecular weight is 315 g/mol. The van der Waals surface area contributed by atoms with Crippen LogP contribution < -0.4 is 0 Å². The molecule has 0 bridgehead atoms. The second-order valence-corrected chi connectivity index (χ2v) is 6.86. The molecule has 1 amide bonds. The Kier molecular flexibility index (Phi) is 6.06. The van der Waals surface area contributed by atoms with E-state index in [4.69, 9.17) is 0 Å². The number of nitrogens with zero attached hydrogens (tertiary/aromatic N) is 3. The zero-order valence-electron chi connectivity index (χ0n) is 14.1. The van der Waals surface area contributed by atoms with Gasteiger partial charge in [-0.1, -0.05) is 30.3 Å². The molecule has 0 aromatic heterocycles. The number of hydrogen-bond acceptors (Lipinski definition) is 3. The second kappa shape index (κ2) is 8.46. The first-order valence-corrected chi connectivity index (χ1v) is 9.04. The van der Waals surface area contributed by atoms with Gasteiger partial charge in [-0.25, -0.2) is 0 Å². The molecule has 0 unspecified atom stereocenters. The van der Waals surface area contributed by atoms with Gasteiger partial charge in [0.2, 0.25) is 6.41 Å². The van der Waals surface area contributed by atoms with Crippen molar-refractivity contribution in [3.05, 3.63) is 35.9 Å². The van der Waals surface area contributed by atoms with Gasteiger partial charge in [-0.3, -0.25) is 9.69 Å². The number of piperidine rings is 1. The summed E-state index contributed by atoms with van der Waals surface area (Å²) < 4.78 is 0. The average Bonchev–Trinajstić information content (AvgIpc) is 2.64. The Morgan fingerprint density at radius 3 is 2.09 bits per heavy atom. The smallest absolute Gasteiger partial charge is 0.209 e. The molecular formula is C19H29N3O. The van der Waals surface area contributed by atoms with Crippen LogP contribution in [0.15, 0.2) is 30.3 Å². The fourth-order valence-electron chi connectivity index (χ4n) is 3.83. The lowest BCUT2D eigenvalue weighted by molar-refractivity contribution is -0.119. The van der Waals surface area contributed by atoms with Crippen molar-refractivity contribution in [1.29, 1.82) is 0 Å². The first-order valence-electron chi connectivity index (χ1n) is 9.04. The Morgan fingerprint density at radius 2 is 1.48 bits per heavy atom. The number of likely N-dealkylation sites (tertiary alicyclic amines) is 1. The molecule has 0 radical (unpaired) electrons. The third-order valence-corrected chi connectivity index (χ3v) is 5.36. The predicted octanol–water partition coefficient (Wildman–Crippen LogP) is 2.03. The van der Waals surface area contributed by atoms with Crippen LogP contribution in [0.3, 0.4) is 0 Å². The van der Waals surface area contributed by atoms with Crippen LogP contribution in [0.2, 0.25) is 0 Å². The van der Waals surface area contributed by atoms with E-state index in [0.29, 0.717) is 0 Å². The van der Waals surface area contributed by atoms with Gasteiger partial charge in [-0.15, -0.1) is 0 Å². The second-order valence-electron chi connectivity index (χ2n) is 6.86. The minimum atomic E-state index is 0.754. The van der Waals surface area contributed by atoms with Crippen LogP contribution in [0.5, 0.6) is 0 Å². The summed E-state index contributed by atoms with van der Waals surface area (Å²) in [5.74, 6) is 0.754. The quantitative estimate of drug-likeness (QED) is 0.752. The Morgan fingerprint density at radius 1 is 0.870 bits per heavy atom. The molecule has 2 fully saturated rings. The van der Waals surface area contributed by atoms with Crippen LogP contribution >= 0.6 is 0 Å². The van der Waals surface area contributed by atoms with E-state index >= 15 is 0 Å². The number of carbonyl (C=O) groups is 1. The maximum atomic E-state index is 10.7. The van der Waals surface area contributed by atoms with E-state index in [1.165, 1.54) is 51.0 Å². The molecule has 4 heteroatoms. The molecule has 4 nitrogen and oxygen atoms in total. The number of carbonyl (C=O) groups excluding carboxylic acids is 1. The van der Waals surface area contributed by atoms with Crippen molar-refractivity contribution in [1.82, 2.24) is 14.7 Å². The molecule has 2 saturated heterocycles. The molecule has 0 saturated carbocycles. The van der Waals surface area contributed by atoms with Gasteiger partial charge in [0.05, 0.1) is 0 Å². The van der Waals surface area contributed by atoms with E-state index in [0.717, 1.165) is 38.5 Å². The summed E-state index contributed by atoms with van der Waals surface area (Å²) in [6.07, 6.45) is 4.81. The Hall–Kier alpha value is -1.39. The van der Waals surface area contributed by atoms with Crippen LogP contribution in [0, 0.1) is 0 Å². The normalized spacial score (nSPS) is 21.5. The van der Waals surface area contributed by atoms with Gasteiger partial charge < -0.3 is 9.80 Å². The maximum Gasteiger partial charge on any atom is 0.209 e. The summed E-state index contributed by atoms with van der Waals surface area (Å²) >= 11 is 0. The summed E-state index contributed by atoms with van der Waals surface area (Å²) in [6.45, 7) is 8.72. The fourth-order valence-corrected chi connectivity index (χ4v) is 3.83. The summed E-state index contributed by atoms with van der Waals surface area (Å²) in [5.41, 5.74) is 1.51. The molecule has 2 aliphatic heterocycles. The molecule has 1 aromatic rings. The van der Waals surface area contributed by atoms with E-state index in [1.807, 2.05) is 4.90 Å². The zero-order valence-corrected chi connectivity index (χ0v) is 14.1. The van der Waals surface area contributed by atoms with Crippen LogP contribution in [-0.2, 0) is 4.79 Å². The molecule has 2 aliphatic rings. The first kappa shape index (κ1) is 16.5. The monoisotopic (exact) mass is 315 g/mol. The minimum absolute atomic E-state index is 0.754. The molecule has 0 N–H and O–H groups in total. The molecule has 23 heavy (non-hydrogen) atoms. The van der Waals surface area contributed by atoms with Crippen LogP contribution in [0.25, 0.3) is 0 Å². The lowest BCUT2D eigenvalue weighted by atomic mass is 9.89. The van der Waals surface area contributed by atoms with E-state index < -0.39 is 0 Å². The molecule has 3 rings (SSSR count). The van der Waals surface area contributed by atoms with Crippen LogP contribution in [0.1, 0.15) is 30.7 Å².